The van der Waals surface area contributed by atoms with E-state index >= 15 is 0 Å². The van der Waals surface area contributed by atoms with Crippen LogP contribution >= 0.6 is 11.6 Å². The Morgan fingerprint density at radius 1 is 1.18 bits per heavy atom. The minimum atomic E-state index is -0.507. The van der Waals surface area contributed by atoms with E-state index in [2.05, 4.69) is 10.3 Å². The molecule has 6 nitrogen and oxygen atoms in total. The summed E-state index contributed by atoms with van der Waals surface area (Å²) in [5.41, 5.74) is 2.74. The fourth-order valence-electron chi connectivity index (χ4n) is 2.78. The molecule has 0 aliphatic rings. The van der Waals surface area contributed by atoms with Gasteiger partial charge in [0.25, 0.3) is 5.91 Å². The molecule has 0 radical (unpaired) electrons. The van der Waals surface area contributed by atoms with Crippen LogP contribution in [0.15, 0.2) is 48.7 Å². The van der Waals surface area contributed by atoms with E-state index in [0.29, 0.717) is 16.5 Å². The first kappa shape index (κ1) is 19.6. The zero-order valence-electron chi connectivity index (χ0n) is 15.5. The number of anilines is 1. The van der Waals surface area contributed by atoms with Crippen molar-refractivity contribution in [3.8, 4) is 5.75 Å². The van der Waals surface area contributed by atoms with Crippen molar-refractivity contribution in [3.63, 3.8) is 0 Å². The van der Waals surface area contributed by atoms with Gasteiger partial charge in [-0.25, -0.2) is 0 Å². The minimum Gasteiger partial charge on any atom is -0.495 e. The molecule has 0 unspecified atom stereocenters. The first-order chi connectivity index (χ1) is 13.5. The average Bonchev–Trinajstić information content (AvgIpc) is 2.69. The number of amides is 1. The van der Waals surface area contributed by atoms with Crippen molar-refractivity contribution in [1.82, 2.24) is 4.98 Å². The first-order valence-electron chi connectivity index (χ1n) is 8.60. The van der Waals surface area contributed by atoms with E-state index in [1.165, 1.54) is 7.11 Å². The van der Waals surface area contributed by atoms with Crippen LogP contribution < -0.4 is 10.1 Å². The van der Waals surface area contributed by atoms with Gasteiger partial charge in [0.2, 0.25) is 0 Å². The van der Waals surface area contributed by atoms with Gasteiger partial charge in [-0.3, -0.25) is 14.6 Å². The summed E-state index contributed by atoms with van der Waals surface area (Å²) in [6, 6.07) is 12.7. The Balaban J connectivity index is 1.60. The van der Waals surface area contributed by atoms with Gasteiger partial charge in [0.15, 0.2) is 6.61 Å². The number of carbonyl (C=O) groups is 2. The van der Waals surface area contributed by atoms with Crippen molar-refractivity contribution in [2.45, 2.75) is 13.3 Å². The third-order valence-electron chi connectivity index (χ3n) is 4.17. The Morgan fingerprint density at radius 3 is 2.75 bits per heavy atom. The number of aryl methyl sites for hydroxylation is 1. The quantitative estimate of drug-likeness (QED) is 0.636. The van der Waals surface area contributed by atoms with Crippen molar-refractivity contribution in [2.75, 3.05) is 19.0 Å². The number of ether oxygens (including phenoxy) is 2. The highest BCUT2D eigenvalue weighted by Crippen LogP contribution is 2.30. The molecule has 0 saturated heterocycles. The number of halogens is 1. The molecule has 3 aromatic rings. The number of carbonyl (C=O) groups excluding carboxylic acids is 2. The summed E-state index contributed by atoms with van der Waals surface area (Å²) >= 11 is 6.06. The lowest BCUT2D eigenvalue weighted by Gasteiger charge is -2.12. The Hall–Kier alpha value is -3.12. The third kappa shape index (κ3) is 4.58. The van der Waals surface area contributed by atoms with Gasteiger partial charge in [0, 0.05) is 22.7 Å². The SMILES string of the molecule is COc1cc(Cl)c(C)cc1NC(=O)COC(=O)Cc1cccc2cccnc12. The normalized spacial score (nSPS) is 10.5. The highest BCUT2D eigenvalue weighted by molar-refractivity contribution is 6.31. The van der Waals surface area contributed by atoms with E-state index in [0.717, 1.165) is 22.0 Å². The lowest BCUT2D eigenvalue weighted by atomic mass is 10.1. The van der Waals surface area contributed by atoms with Crippen molar-refractivity contribution >= 4 is 40.1 Å². The van der Waals surface area contributed by atoms with E-state index in [9.17, 15) is 9.59 Å². The third-order valence-corrected chi connectivity index (χ3v) is 4.58. The van der Waals surface area contributed by atoms with Gasteiger partial charge in [-0.15, -0.1) is 0 Å². The van der Waals surface area contributed by atoms with Gasteiger partial charge in [-0.1, -0.05) is 35.9 Å². The van der Waals surface area contributed by atoms with E-state index in [-0.39, 0.29) is 6.42 Å². The molecule has 0 atom stereocenters. The number of benzene rings is 2. The molecule has 2 aromatic carbocycles. The number of nitrogens with zero attached hydrogens (tertiary/aromatic N) is 1. The molecule has 0 bridgehead atoms. The Labute approximate surface area is 167 Å². The molecule has 28 heavy (non-hydrogen) atoms. The van der Waals surface area contributed by atoms with Crippen LogP contribution in [0.5, 0.6) is 5.75 Å². The van der Waals surface area contributed by atoms with Crippen molar-refractivity contribution in [1.29, 1.82) is 0 Å². The number of fused-ring (bicyclic) bond motifs is 1. The van der Waals surface area contributed by atoms with Crippen molar-refractivity contribution < 1.29 is 19.1 Å². The maximum Gasteiger partial charge on any atom is 0.310 e. The van der Waals surface area contributed by atoms with Gasteiger partial charge in [-0.2, -0.15) is 0 Å². The molecule has 1 heterocycles. The van der Waals surface area contributed by atoms with Crippen LogP contribution in [0.2, 0.25) is 5.02 Å². The van der Waals surface area contributed by atoms with Gasteiger partial charge in [0.1, 0.15) is 5.75 Å². The fraction of sp³-hybridized carbons (Fsp3) is 0.190. The highest BCUT2D eigenvalue weighted by Gasteiger charge is 2.14. The van der Waals surface area contributed by atoms with Crippen LogP contribution in [-0.4, -0.2) is 30.6 Å². The summed E-state index contributed by atoms with van der Waals surface area (Å²) in [5.74, 6) is -0.547. The number of nitrogens with one attached hydrogen (secondary N) is 1. The van der Waals surface area contributed by atoms with Crippen molar-refractivity contribution in [2.24, 2.45) is 0 Å². The number of rotatable bonds is 6. The van der Waals surface area contributed by atoms with Gasteiger partial charge >= 0.3 is 5.97 Å². The Morgan fingerprint density at radius 2 is 1.96 bits per heavy atom. The maximum atomic E-state index is 12.2. The smallest absolute Gasteiger partial charge is 0.310 e. The van der Waals surface area contributed by atoms with Crippen LogP contribution in [0.1, 0.15) is 11.1 Å². The lowest BCUT2D eigenvalue weighted by molar-refractivity contribution is -0.146. The van der Waals surface area contributed by atoms with E-state index in [1.54, 1.807) is 18.3 Å². The predicted molar refractivity (Wildman–Crippen MR) is 108 cm³/mol. The average molecular weight is 399 g/mol. The molecule has 7 heteroatoms. The summed E-state index contributed by atoms with van der Waals surface area (Å²) < 4.78 is 10.3. The van der Waals surface area contributed by atoms with Crippen LogP contribution in [0.3, 0.4) is 0 Å². The molecular weight excluding hydrogens is 380 g/mol. The standard InChI is InChI=1S/C21H19ClN2O4/c1-13-9-17(18(27-2)11-16(13)22)24-19(25)12-28-20(26)10-15-6-3-5-14-7-4-8-23-21(14)15/h3-9,11H,10,12H2,1-2H3,(H,24,25). The summed E-state index contributed by atoms with van der Waals surface area (Å²) in [5, 5.41) is 4.14. The summed E-state index contributed by atoms with van der Waals surface area (Å²) in [6.45, 7) is 1.41. The summed E-state index contributed by atoms with van der Waals surface area (Å²) in [6.07, 6.45) is 1.71. The number of pyridine rings is 1. The Bertz CT molecular complexity index is 1030. The van der Waals surface area contributed by atoms with Crippen LogP contribution in [-0.2, 0) is 20.7 Å². The predicted octanol–water partition coefficient (Wildman–Crippen LogP) is 3.93. The van der Waals surface area contributed by atoms with E-state index in [4.69, 9.17) is 21.1 Å². The van der Waals surface area contributed by atoms with Crippen LogP contribution in [0.4, 0.5) is 5.69 Å². The number of esters is 1. The molecule has 1 aromatic heterocycles. The monoisotopic (exact) mass is 398 g/mol. The van der Waals surface area contributed by atoms with Crippen LogP contribution in [0.25, 0.3) is 10.9 Å². The number of hydrogen-bond acceptors (Lipinski definition) is 5. The molecule has 0 aliphatic carbocycles. The molecule has 3 rings (SSSR count). The zero-order chi connectivity index (χ0) is 20.1. The zero-order valence-corrected chi connectivity index (χ0v) is 16.2. The molecular formula is C21H19ClN2O4. The number of para-hydroxylation sites is 1. The minimum absolute atomic E-state index is 0.0327. The topological polar surface area (TPSA) is 77.5 Å². The summed E-state index contributed by atoms with van der Waals surface area (Å²) in [4.78, 5) is 28.6. The lowest BCUT2D eigenvalue weighted by Crippen LogP contribution is -2.22. The molecule has 1 amide bonds. The molecule has 0 spiro atoms. The summed E-state index contributed by atoms with van der Waals surface area (Å²) in [7, 11) is 1.48. The second-order valence-corrected chi connectivity index (χ2v) is 6.59. The van der Waals surface area contributed by atoms with E-state index < -0.39 is 18.5 Å². The second kappa shape index (κ2) is 8.71. The van der Waals surface area contributed by atoms with Crippen molar-refractivity contribution in [3.05, 3.63) is 64.8 Å². The first-order valence-corrected chi connectivity index (χ1v) is 8.98. The highest BCUT2D eigenvalue weighted by atomic mass is 35.5. The second-order valence-electron chi connectivity index (χ2n) is 6.18. The fourth-order valence-corrected chi connectivity index (χ4v) is 2.93. The largest absolute Gasteiger partial charge is 0.495 e. The van der Waals surface area contributed by atoms with Crippen LogP contribution in [0, 0.1) is 6.92 Å². The Kier molecular flexibility index (Phi) is 6.11. The molecule has 144 valence electrons. The maximum absolute atomic E-state index is 12.2. The molecule has 1 N–H and O–H groups in total. The van der Waals surface area contributed by atoms with E-state index in [1.807, 2.05) is 37.3 Å². The number of aromatic nitrogens is 1. The van der Waals surface area contributed by atoms with Gasteiger partial charge in [0.05, 0.1) is 24.7 Å². The molecule has 0 fully saturated rings. The molecule has 0 saturated carbocycles. The number of methoxy groups -OCH3 is 1. The van der Waals surface area contributed by atoms with Gasteiger partial charge < -0.3 is 14.8 Å². The van der Waals surface area contributed by atoms with Gasteiger partial charge in [-0.05, 0) is 30.2 Å². The number of hydrogen-bond donors (Lipinski definition) is 1. The molecule has 0 aliphatic heterocycles.